The van der Waals surface area contributed by atoms with E-state index in [-0.39, 0.29) is 11.5 Å². The van der Waals surface area contributed by atoms with Crippen LogP contribution in [0, 0.1) is 0 Å². The number of rotatable bonds is 5. The zero-order valence-electron chi connectivity index (χ0n) is 15.3. The lowest BCUT2D eigenvalue weighted by Crippen LogP contribution is -2.29. The summed E-state index contributed by atoms with van der Waals surface area (Å²) in [7, 11) is 0. The molecule has 2 amide bonds. The molecule has 1 aliphatic heterocycles. The van der Waals surface area contributed by atoms with E-state index >= 15 is 0 Å². The molecule has 0 bridgehead atoms. The Morgan fingerprint density at radius 1 is 0.867 bits per heavy atom. The van der Waals surface area contributed by atoms with Crippen LogP contribution in [0.5, 0.6) is 11.5 Å². The number of carbonyl (C=O) groups is 3. The summed E-state index contributed by atoms with van der Waals surface area (Å²) in [6.07, 6.45) is 0. The third-order valence-electron chi connectivity index (χ3n) is 4.34. The normalized spacial score (nSPS) is 12.7. The lowest BCUT2D eigenvalue weighted by atomic mass is 10.1. The molecule has 150 valence electrons. The van der Waals surface area contributed by atoms with Crippen LogP contribution in [-0.4, -0.2) is 24.4 Å². The second kappa shape index (κ2) is 8.18. The van der Waals surface area contributed by atoms with Gasteiger partial charge in [0.15, 0.2) is 6.61 Å². The molecular weight excluding hydrogens is 429 g/mol. The molecule has 1 aliphatic rings. The van der Waals surface area contributed by atoms with Gasteiger partial charge in [-0.1, -0.05) is 41.4 Å². The maximum Gasteiger partial charge on any atom is 0.349 e. The standard InChI is InChI=1S/C22H13Cl2NO5/c23-13-8-9-18(24)19(10-13)29-12-20(26)30-15-5-3-4-14(11-15)25-21(27)16-6-1-2-7-17(16)22(25)28/h1-11H,12H2. The molecule has 3 aromatic carbocycles. The van der Waals surface area contributed by atoms with Crippen molar-refractivity contribution in [2.24, 2.45) is 0 Å². The maximum atomic E-state index is 12.6. The van der Waals surface area contributed by atoms with Gasteiger partial charge in [0.25, 0.3) is 11.8 Å². The van der Waals surface area contributed by atoms with Crippen LogP contribution in [0.15, 0.2) is 66.7 Å². The fourth-order valence-electron chi connectivity index (χ4n) is 3.00. The molecule has 30 heavy (non-hydrogen) atoms. The van der Waals surface area contributed by atoms with E-state index in [1.165, 1.54) is 18.2 Å². The lowest BCUT2D eigenvalue weighted by Gasteiger charge is -2.15. The predicted octanol–water partition coefficient (Wildman–Crippen LogP) is 4.78. The SMILES string of the molecule is O=C(COc1cc(Cl)ccc1Cl)Oc1cccc(N2C(=O)c3ccccc3C2=O)c1. The minimum absolute atomic E-state index is 0.162. The molecule has 1 heterocycles. The lowest BCUT2D eigenvalue weighted by molar-refractivity contribution is -0.136. The number of nitrogens with zero attached hydrogens (tertiary/aromatic N) is 1. The minimum atomic E-state index is -0.689. The summed E-state index contributed by atoms with van der Waals surface area (Å²) in [4.78, 5) is 38.4. The van der Waals surface area contributed by atoms with Crippen molar-refractivity contribution in [2.75, 3.05) is 11.5 Å². The molecule has 0 N–H and O–H groups in total. The van der Waals surface area contributed by atoms with Crippen LogP contribution >= 0.6 is 23.2 Å². The summed E-state index contributed by atoms with van der Waals surface area (Å²) in [6.45, 7) is -0.405. The summed E-state index contributed by atoms with van der Waals surface area (Å²) < 4.78 is 10.6. The second-order valence-electron chi connectivity index (χ2n) is 6.33. The van der Waals surface area contributed by atoms with Crippen LogP contribution in [0.25, 0.3) is 0 Å². The topological polar surface area (TPSA) is 72.9 Å². The summed E-state index contributed by atoms with van der Waals surface area (Å²) in [6, 6.07) is 17.3. The highest BCUT2D eigenvalue weighted by Crippen LogP contribution is 2.31. The van der Waals surface area contributed by atoms with Crippen molar-refractivity contribution in [2.45, 2.75) is 0 Å². The summed E-state index contributed by atoms with van der Waals surface area (Å²) >= 11 is 11.9. The molecule has 0 spiro atoms. The van der Waals surface area contributed by atoms with Gasteiger partial charge in [0, 0.05) is 17.2 Å². The van der Waals surface area contributed by atoms with E-state index < -0.39 is 24.4 Å². The molecule has 4 rings (SSSR count). The molecule has 0 aliphatic carbocycles. The number of fused-ring (bicyclic) bond motifs is 1. The van der Waals surface area contributed by atoms with Crippen molar-refractivity contribution in [3.05, 3.63) is 87.9 Å². The first-order chi connectivity index (χ1) is 14.4. The van der Waals surface area contributed by atoms with E-state index in [2.05, 4.69) is 0 Å². The first kappa shape index (κ1) is 19.9. The Morgan fingerprint density at radius 2 is 1.57 bits per heavy atom. The van der Waals surface area contributed by atoms with Gasteiger partial charge < -0.3 is 9.47 Å². The fraction of sp³-hybridized carbons (Fsp3) is 0.0455. The number of carbonyl (C=O) groups excluding carboxylic acids is 3. The second-order valence-corrected chi connectivity index (χ2v) is 7.17. The Balaban J connectivity index is 1.46. The van der Waals surface area contributed by atoms with Crippen molar-refractivity contribution in [1.29, 1.82) is 0 Å². The van der Waals surface area contributed by atoms with Gasteiger partial charge in [0.1, 0.15) is 11.5 Å². The third kappa shape index (κ3) is 3.87. The zero-order chi connectivity index (χ0) is 21.3. The van der Waals surface area contributed by atoms with Crippen molar-refractivity contribution in [1.82, 2.24) is 0 Å². The van der Waals surface area contributed by atoms with Crippen LogP contribution in [0.2, 0.25) is 10.0 Å². The van der Waals surface area contributed by atoms with E-state index in [4.69, 9.17) is 32.7 Å². The number of imide groups is 1. The molecule has 0 fully saturated rings. The smallest absolute Gasteiger partial charge is 0.349 e. The van der Waals surface area contributed by atoms with E-state index in [0.717, 1.165) is 4.90 Å². The van der Waals surface area contributed by atoms with Crippen LogP contribution in [0.3, 0.4) is 0 Å². The van der Waals surface area contributed by atoms with E-state index in [9.17, 15) is 14.4 Å². The monoisotopic (exact) mass is 441 g/mol. The fourth-order valence-corrected chi connectivity index (χ4v) is 3.33. The molecule has 6 nitrogen and oxygen atoms in total. The summed E-state index contributed by atoms with van der Waals surface area (Å²) in [5, 5.41) is 0.719. The number of halogens is 2. The molecule has 0 atom stereocenters. The van der Waals surface area contributed by atoms with Crippen molar-refractivity contribution in [3.63, 3.8) is 0 Å². The number of esters is 1. The van der Waals surface area contributed by atoms with Gasteiger partial charge in [0.05, 0.1) is 21.8 Å². The number of benzene rings is 3. The van der Waals surface area contributed by atoms with E-state index in [1.807, 2.05) is 0 Å². The minimum Gasteiger partial charge on any atom is -0.480 e. The summed E-state index contributed by atoms with van der Waals surface area (Å²) in [5.74, 6) is -1.14. The van der Waals surface area contributed by atoms with Gasteiger partial charge in [-0.25, -0.2) is 9.69 Å². The van der Waals surface area contributed by atoms with Gasteiger partial charge in [0.2, 0.25) is 0 Å². The number of hydrogen-bond donors (Lipinski definition) is 0. The average Bonchev–Trinajstić information content (AvgIpc) is 2.99. The molecule has 0 radical (unpaired) electrons. The summed E-state index contributed by atoms with van der Waals surface area (Å²) in [5.41, 5.74) is 0.957. The molecule has 8 heteroatoms. The Kier molecular flexibility index (Phi) is 5.44. The van der Waals surface area contributed by atoms with Crippen LogP contribution < -0.4 is 14.4 Å². The molecular formula is C22H13Cl2NO5. The quantitative estimate of drug-likeness (QED) is 0.323. The van der Waals surface area contributed by atoms with Gasteiger partial charge in [-0.3, -0.25) is 9.59 Å². The Labute approximate surface area is 181 Å². The zero-order valence-corrected chi connectivity index (χ0v) is 16.8. The van der Waals surface area contributed by atoms with Gasteiger partial charge in [-0.15, -0.1) is 0 Å². The molecule has 0 saturated heterocycles. The van der Waals surface area contributed by atoms with Crippen LogP contribution in [0.1, 0.15) is 20.7 Å². The maximum absolute atomic E-state index is 12.6. The Morgan fingerprint density at radius 3 is 2.27 bits per heavy atom. The first-order valence-corrected chi connectivity index (χ1v) is 9.56. The van der Waals surface area contributed by atoms with Crippen molar-refractivity contribution < 1.29 is 23.9 Å². The van der Waals surface area contributed by atoms with Crippen LogP contribution in [0.4, 0.5) is 5.69 Å². The van der Waals surface area contributed by atoms with Gasteiger partial charge >= 0.3 is 5.97 Å². The highest BCUT2D eigenvalue weighted by molar-refractivity contribution is 6.35. The average molecular weight is 442 g/mol. The first-order valence-electron chi connectivity index (χ1n) is 8.80. The Hall–Kier alpha value is -3.35. The van der Waals surface area contributed by atoms with Crippen LogP contribution in [-0.2, 0) is 4.79 Å². The molecule has 0 saturated carbocycles. The largest absolute Gasteiger partial charge is 0.480 e. The predicted molar refractivity (Wildman–Crippen MR) is 112 cm³/mol. The number of anilines is 1. The van der Waals surface area contributed by atoms with Gasteiger partial charge in [-0.05, 0) is 36.4 Å². The number of amides is 2. The Bertz CT molecular complexity index is 1140. The van der Waals surface area contributed by atoms with Crippen molar-refractivity contribution in [3.8, 4) is 11.5 Å². The number of ether oxygens (including phenoxy) is 2. The number of hydrogen-bond acceptors (Lipinski definition) is 5. The highest BCUT2D eigenvalue weighted by Gasteiger charge is 2.36. The molecule has 0 aromatic heterocycles. The third-order valence-corrected chi connectivity index (χ3v) is 4.89. The molecule has 0 unspecified atom stereocenters. The van der Waals surface area contributed by atoms with Crippen molar-refractivity contribution >= 4 is 46.7 Å². The van der Waals surface area contributed by atoms with E-state index in [0.29, 0.717) is 26.9 Å². The molecule has 3 aromatic rings. The van der Waals surface area contributed by atoms with Gasteiger partial charge in [-0.2, -0.15) is 0 Å². The highest BCUT2D eigenvalue weighted by atomic mass is 35.5. The van der Waals surface area contributed by atoms with E-state index in [1.54, 1.807) is 48.5 Å².